The lowest BCUT2D eigenvalue weighted by Gasteiger charge is -2.19. The van der Waals surface area contributed by atoms with E-state index in [1.165, 1.54) is 0 Å². The molecule has 1 aliphatic heterocycles. The van der Waals surface area contributed by atoms with Crippen LogP contribution in [0.5, 0.6) is 5.88 Å². The van der Waals surface area contributed by atoms with Gasteiger partial charge in [0.15, 0.2) is 5.82 Å². The quantitative estimate of drug-likeness (QED) is 0.826. The summed E-state index contributed by atoms with van der Waals surface area (Å²) in [6, 6.07) is 0. The summed E-state index contributed by atoms with van der Waals surface area (Å²) in [4.78, 5) is 10.2. The molecule has 0 aliphatic carbocycles. The van der Waals surface area contributed by atoms with Crippen LogP contribution >= 0.6 is 0 Å². The van der Waals surface area contributed by atoms with Crippen molar-refractivity contribution in [1.82, 2.24) is 9.97 Å². The Morgan fingerprint density at radius 2 is 2.21 bits per heavy atom. The average molecular weight is 286 g/mol. The fourth-order valence-corrected chi connectivity index (χ4v) is 2.85. The van der Waals surface area contributed by atoms with Crippen molar-refractivity contribution in [3.63, 3.8) is 0 Å². The molecule has 19 heavy (non-hydrogen) atoms. The summed E-state index contributed by atoms with van der Waals surface area (Å²) in [5.41, 5.74) is 0. The Morgan fingerprint density at radius 1 is 1.47 bits per heavy atom. The molecule has 1 aliphatic rings. The summed E-state index contributed by atoms with van der Waals surface area (Å²) in [7, 11) is -3.50. The van der Waals surface area contributed by atoms with E-state index in [4.69, 9.17) is 9.88 Å². The molecule has 1 fully saturated rings. The van der Waals surface area contributed by atoms with Crippen molar-refractivity contribution in [2.24, 2.45) is 5.14 Å². The van der Waals surface area contributed by atoms with Crippen LogP contribution in [-0.2, 0) is 10.0 Å². The summed E-state index contributed by atoms with van der Waals surface area (Å²) in [6.45, 7) is 3.48. The fraction of sp³-hybridized carbons (Fsp3) is 0.636. The zero-order chi connectivity index (χ0) is 13.9. The minimum Gasteiger partial charge on any atom is -0.475 e. The summed E-state index contributed by atoms with van der Waals surface area (Å²) < 4.78 is 28.2. The number of ether oxygens (including phenoxy) is 1. The van der Waals surface area contributed by atoms with Gasteiger partial charge in [-0.15, -0.1) is 0 Å². The Balaban J connectivity index is 2.15. The van der Waals surface area contributed by atoms with Gasteiger partial charge in [-0.25, -0.2) is 23.5 Å². The van der Waals surface area contributed by atoms with Crippen LogP contribution < -0.4 is 14.8 Å². The second kappa shape index (κ2) is 5.70. The van der Waals surface area contributed by atoms with E-state index < -0.39 is 15.3 Å². The van der Waals surface area contributed by atoms with Crippen LogP contribution in [0, 0.1) is 0 Å². The first-order chi connectivity index (χ1) is 9.02. The normalized spacial score (nSPS) is 19.7. The molecule has 0 spiro atoms. The zero-order valence-corrected chi connectivity index (χ0v) is 11.6. The Kier molecular flexibility index (Phi) is 4.20. The van der Waals surface area contributed by atoms with Gasteiger partial charge in [-0.2, -0.15) is 0 Å². The van der Waals surface area contributed by atoms with Crippen LogP contribution in [0.15, 0.2) is 12.4 Å². The third kappa shape index (κ3) is 3.32. The molecule has 1 atom stereocenters. The predicted molar refractivity (Wildman–Crippen MR) is 71.5 cm³/mol. The highest BCUT2D eigenvalue weighted by atomic mass is 32.2. The first kappa shape index (κ1) is 14.0. The van der Waals surface area contributed by atoms with E-state index in [0.717, 1.165) is 6.42 Å². The van der Waals surface area contributed by atoms with Gasteiger partial charge in [0.1, 0.15) is 0 Å². The van der Waals surface area contributed by atoms with E-state index in [1.807, 2.05) is 11.8 Å². The molecule has 0 radical (unpaired) electrons. The molecule has 2 rings (SSSR count). The maximum atomic E-state index is 11.4. The van der Waals surface area contributed by atoms with E-state index in [9.17, 15) is 8.42 Å². The minimum atomic E-state index is -3.50. The zero-order valence-electron chi connectivity index (χ0n) is 10.8. The topological polar surface area (TPSA) is 98.4 Å². The Hall–Kier alpha value is -1.41. The molecule has 1 aromatic rings. The van der Waals surface area contributed by atoms with Crippen molar-refractivity contribution in [1.29, 1.82) is 0 Å². The number of nitrogens with zero attached hydrogens (tertiary/aromatic N) is 3. The maximum Gasteiger partial charge on any atom is 0.257 e. The molecule has 0 saturated carbocycles. The van der Waals surface area contributed by atoms with Gasteiger partial charge >= 0.3 is 0 Å². The maximum absolute atomic E-state index is 11.4. The number of nitrogens with two attached hydrogens (primary N) is 1. The van der Waals surface area contributed by atoms with Gasteiger partial charge < -0.3 is 9.64 Å². The Bertz CT molecular complexity index is 534. The molecule has 1 saturated heterocycles. The molecule has 106 valence electrons. The third-order valence-corrected chi connectivity index (χ3v) is 4.31. The van der Waals surface area contributed by atoms with Crippen LogP contribution in [-0.4, -0.2) is 43.3 Å². The van der Waals surface area contributed by atoms with Crippen LogP contribution in [0.2, 0.25) is 0 Å². The number of rotatable bonds is 5. The van der Waals surface area contributed by atoms with Gasteiger partial charge in [0.25, 0.3) is 5.88 Å². The van der Waals surface area contributed by atoms with Crippen molar-refractivity contribution >= 4 is 15.8 Å². The predicted octanol–water partition coefficient (Wildman–Crippen LogP) is 0.133. The molecule has 0 bridgehead atoms. The van der Waals surface area contributed by atoms with Gasteiger partial charge in [0.2, 0.25) is 10.0 Å². The second-order valence-electron chi connectivity index (χ2n) is 4.48. The summed E-state index contributed by atoms with van der Waals surface area (Å²) in [5, 5.41) is 4.63. The lowest BCUT2D eigenvalue weighted by atomic mass is 10.4. The van der Waals surface area contributed by atoms with Crippen LogP contribution in [0.25, 0.3) is 0 Å². The lowest BCUT2D eigenvalue weighted by molar-refractivity contribution is 0.304. The van der Waals surface area contributed by atoms with E-state index in [2.05, 4.69) is 9.97 Å². The highest BCUT2D eigenvalue weighted by Gasteiger charge is 2.32. The molecular formula is C11H18N4O3S. The van der Waals surface area contributed by atoms with Crippen molar-refractivity contribution in [2.45, 2.75) is 25.0 Å². The van der Waals surface area contributed by atoms with Crippen molar-refractivity contribution in [3.05, 3.63) is 12.4 Å². The van der Waals surface area contributed by atoms with Crippen LogP contribution in [0.1, 0.15) is 19.8 Å². The SMILES string of the molecule is CCCOc1nccnc1N1CCC(S(N)(=O)=O)C1. The number of sulfonamides is 1. The van der Waals surface area contributed by atoms with E-state index in [0.29, 0.717) is 37.8 Å². The highest BCUT2D eigenvalue weighted by molar-refractivity contribution is 7.89. The number of anilines is 1. The fourth-order valence-electron chi connectivity index (χ4n) is 2.02. The summed E-state index contributed by atoms with van der Waals surface area (Å²) in [5.74, 6) is 1.03. The van der Waals surface area contributed by atoms with Gasteiger partial charge in [-0.3, -0.25) is 0 Å². The van der Waals surface area contributed by atoms with Crippen LogP contribution in [0.4, 0.5) is 5.82 Å². The van der Waals surface area contributed by atoms with E-state index in [-0.39, 0.29) is 0 Å². The van der Waals surface area contributed by atoms with Gasteiger partial charge in [0, 0.05) is 25.5 Å². The molecule has 0 amide bonds. The number of hydrogen-bond acceptors (Lipinski definition) is 6. The number of aromatic nitrogens is 2. The second-order valence-corrected chi connectivity index (χ2v) is 6.32. The molecule has 1 aromatic heterocycles. The number of hydrogen-bond donors (Lipinski definition) is 1. The van der Waals surface area contributed by atoms with E-state index in [1.54, 1.807) is 12.4 Å². The number of primary sulfonamides is 1. The first-order valence-corrected chi connectivity index (χ1v) is 7.83. The molecule has 0 aromatic carbocycles. The van der Waals surface area contributed by atoms with Gasteiger partial charge in [-0.1, -0.05) is 6.92 Å². The Morgan fingerprint density at radius 3 is 2.84 bits per heavy atom. The average Bonchev–Trinajstić information content (AvgIpc) is 2.86. The summed E-state index contributed by atoms with van der Waals surface area (Å²) >= 11 is 0. The largest absolute Gasteiger partial charge is 0.475 e. The standard InChI is InChI=1S/C11H18N4O3S/c1-2-7-18-11-10(13-4-5-14-11)15-6-3-9(8-15)19(12,16)17/h4-5,9H,2-3,6-8H2,1H3,(H2,12,16,17). The monoisotopic (exact) mass is 286 g/mol. The third-order valence-electron chi connectivity index (χ3n) is 3.00. The van der Waals surface area contributed by atoms with Gasteiger partial charge in [-0.05, 0) is 12.8 Å². The molecule has 1 unspecified atom stereocenters. The van der Waals surface area contributed by atoms with Crippen molar-refractivity contribution in [2.75, 3.05) is 24.6 Å². The summed E-state index contributed by atoms with van der Waals surface area (Å²) in [6.07, 6.45) is 4.50. The molecule has 8 heteroatoms. The van der Waals surface area contributed by atoms with Gasteiger partial charge in [0.05, 0.1) is 11.9 Å². The molecule has 2 N–H and O–H groups in total. The Labute approximate surface area is 112 Å². The highest BCUT2D eigenvalue weighted by Crippen LogP contribution is 2.27. The molecular weight excluding hydrogens is 268 g/mol. The lowest BCUT2D eigenvalue weighted by Crippen LogP contribution is -2.32. The smallest absolute Gasteiger partial charge is 0.257 e. The molecule has 7 nitrogen and oxygen atoms in total. The van der Waals surface area contributed by atoms with E-state index >= 15 is 0 Å². The first-order valence-electron chi connectivity index (χ1n) is 6.22. The minimum absolute atomic E-state index is 0.333. The van der Waals surface area contributed by atoms with Crippen LogP contribution in [0.3, 0.4) is 0 Å². The molecule has 2 heterocycles. The van der Waals surface area contributed by atoms with Crippen molar-refractivity contribution < 1.29 is 13.2 Å². The van der Waals surface area contributed by atoms with Crippen molar-refractivity contribution in [3.8, 4) is 5.88 Å².